The van der Waals surface area contributed by atoms with Gasteiger partial charge in [0.25, 0.3) is 0 Å². The molecular weight excluding hydrogens is 234 g/mol. The number of halogens is 2. The average Bonchev–Trinajstić information content (AvgIpc) is 2.32. The molecular formula is C15H12F2O. The Kier molecular flexibility index (Phi) is 3.24. The van der Waals surface area contributed by atoms with Crippen molar-refractivity contribution in [2.24, 2.45) is 0 Å². The Labute approximate surface area is 104 Å². The first-order valence-electron chi connectivity index (χ1n) is 5.56. The lowest BCUT2D eigenvalue weighted by Crippen LogP contribution is -1.99. The second-order valence-electron chi connectivity index (χ2n) is 4.16. The third-order valence-electron chi connectivity index (χ3n) is 2.92. The third-order valence-corrected chi connectivity index (χ3v) is 2.92. The highest BCUT2D eigenvalue weighted by Crippen LogP contribution is 2.29. The zero-order valence-electron chi connectivity index (χ0n) is 10.1. The van der Waals surface area contributed by atoms with Crippen LogP contribution in [-0.2, 0) is 0 Å². The maximum Gasteiger partial charge on any atom is 0.160 e. The molecule has 0 aliphatic heterocycles. The molecule has 3 heteroatoms. The highest BCUT2D eigenvalue weighted by Gasteiger charge is 2.13. The normalized spacial score (nSPS) is 10.4. The molecule has 0 bridgehead atoms. The molecule has 0 amide bonds. The molecule has 2 rings (SSSR count). The van der Waals surface area contributed by atoms with Crippen LogP contribution in [0.25, 0.3) is 11.1 Å². The van der Waals surface area contributed by atoms with Crippen LogP contribution in [0.15, 0.2) is 36.4 Å². The quantitative estimate of drug-likeness (QED) is 0.728. The van der Waals surface area contributed by atoms with E-state index in [-0.39, 0.29) is 11.6 Å². The summed E-state index contributed by atoms with van der Waals surface area (Å²) in [6.45, 7) is 3.02. The van der Waals surface area contributed by atoms with Crippen molar-refractivity contribution in [3.63, 3.8) is 0 Å². The van der Waals surface area contributed by atoms with Crippen LogP contribution in [0.4, 0.5) is 8.78 Å². The zero-order valence-corrected chi connectivity index (χ0v) is 10.1. The number of carbonyl (C=O) groups excluding carboxylic acids is 1. The molecule has 0 radical (unpaired) electrons. The van der Waals surface area contributed by atoms with Gasteiger partial charge in [-0.05, 0) is 54.8 Å². The number of hydrogen-bond acceptors (Lipinski definition) is 1. The van der Waals surface area contributed by atoms with Gasteiger partial charge in [-0.1, -0.05) is 12.1 Å². The van der Waals surface area contributed by atoms with Crippen LogP contribution in [0.2, 0.25) is 0 Å². The van der Waals surface area contributed by atoms with Crippen molar-refractivity contribution in [3.8, 4) is 11.1 Å². The summed E-state index contributed by atoms with van der Waals surface area (Å²) in [6.07, 6.45) is 0. The van der Waals surface area contributed by atoms with Crippen molar-refractivity contribution in [1.82, 2.24) is 0 Å². The molecule has 0 aliphatic rings. The molecule has 92 valence electrons. The molecule has 0 spiro atoms. The summed E-state index contributed by atoms with van der Waals surface area (Å²) in [5.74, 6) is -0.987. The van der Waals surface area contributed by atoms with Crippen LogP contribution in [-0.4, -0.2) is 5.78 Å². The molecule has 2 aromatic rings. The Balaban J connectivity index is 2.73. The summed E-state index contributed by atoms with van der Waals surface area (Å²) in [6, 6.07) is 8.49. The lowest BCUT2D eigenvalue weighted by molar-refractivity contribution is 0.101. The largest absolute Gasteiger partial charge is 0.294 e. The zero-order chi connectivity index (χ0) is 13.3. The minimum atomic E-state index is -0.446. The van der Waals surface area contributed by atoms with Crippen LogP contribution < -0.4 is 0 Å². The monoisotopic (exact) mass is 246 g/mol. The third kappa shape index (κ3) is 2.16. The van der Waals surface area contributed by atoms with E-state index in [1.807, 2.05) is 0 Å². The van der Waals surface area contributed by atoms with E-state index in [9.17, 15) is 13.6 Å². The second-order valence-corrected chi connectivity index (χ2v) is 4.16. The first-order valence-corrected chi connectivity index (χ1v) is 5.56. The van der Waals surface area contributed by atoms with Gasteiger partial charge in [0.05, 0.1) is 0 Å². The molecule has 2 aromatic carbocycles. The molecule has 0 saturated carbocycles. The fourth-order valence-corrected chi connectivity index (χ4v) is 1.95. The van der Waals surface area contributed by atoms with Gasteiger partial charge < -0.3 is 0 Å². The fraction of sp³-hybridized carbons (Fsp3) is 0.133. The van der Waals surface area contributed by atoms with Crippen molar-refractivity contribution in [2.45, 2.75) is 13.8 Å². The maximum absolute atomic E-state index is 13.5. The van der Waals surface area contributed by atoms with Gasteiger partial charge in [-0.25, -0.2) is 8.78 Å². The number of benzene rings is 2. The molecule has 0 aromatic heterocycles. The van der Waals surface area contributed by atoms with Gasteiger partial charge in [0.1, 0.15) is 11.6 Å². The van der Waals surface area contributed by atoms with Gasteiger partial charge in [0, 0.05) is 5.56 Å². The van der Waals surface area contributed by atoms with Gasteiger partial charge in [0.2, 0.25) is 0 Å². The van der Waals surface area contributed by atoms with Gasteiger partial charge in [-0.15, -0.1) is 0 Å². The van der Waals surface area contributed by atoms with Gasteiger partial charge in [0.15, 0.2) is 5.78 Å². The Morgan fingerprint density at radius 1 is 1.06 bits per heavy atom. The van der Waals surface area contributed by atoms with Crippen molar-refractivity contribution in [1.29, 1.82) is 0 Å². The van der Waals surface area contributed by atoms with Crippen molar-refractivity contribution >= 4 is 5.78 Å². The fourth-order valence-electron chi connectivity index (χ4n) is 1.95. The molecule has 1 nitrogen and oxygen atoms in total. The predicted octanol–water partition coefficient (Wildman–Crippen LogP) is 4.14. The van der Waals surface area contributed by atoms with E-state index in [0.29, 0.717) is 22.3 Å². The Morgan fingerprint density at radius 3 is 2.44 bits per heavy atom. The number of ketones is 1. The number of hydrogen-bond donors (Lipinski definition) is 0. The minimum absolute atomic E-state index is 0.173. The van der Waals surface area contributed by atoms with Crippen molar-refractivity contribution < 1.29 is 13.6 Å². The van der Waals surface area contributed by atoms with E-state index in [0.717, 1.165) is 0 Å². The molecule has 0 unspecified atom stereocenters. The number of rotatable bonds is 2. The summed E-state index contributed by atoms with van der Waals surface area (Å²) < 4.78 is 26.8. The van der Waals surface area contributed by atoms with Gasteiger partial charge in [-0.2, -0.15) is 0 Å². The summed E-state index contributed by atoms with van der Waals surface area (Å²) in [5, 5.41) is 0. The molecule has 0 heterocycles. The van der Waals surface area contributed by atoms with E-state index in [1.54, 1.807) is 19.1 Å². The summed E-state index contributed by atoms with van der Waals surface area (Å²) in [4.78, 5) is 11.5. The molecule has 0 aliphatic carbocycles. The molecule has 18 heavy (non-hydrogen) atoms. The number of Topliss-reactive ketones (excluding diaryl/α,β-unsaturated/α-hetero) is 1. The Bertz CT molecular complexity index is 618. The van der Waals surface area contributed by atoms with Crippen LogP contribution in [0.3, 0.4) is 0 Å². The van der Waals surface area contributed by atoms with Crippen LogP contribution >= 0.6 is 0 Å². The van der Waals surface area contributed by atoms with Crippen LogP contribution in [0.5, 0.6) is 0 Å². The topological polar surface area (TPSA) is 17.1 Å². The first kappa shape index (κ1) is 12.4. The maximum atomic E-state index is 13.5. The minimum Gasteiger partial charge on any atom is -0.294 e. The van der Waals surface area contributed by atoms with E-state index in [4.69, 9.17) is 0 Å². The van der Waals surface area contributed by atoms with Crippen LogP contribution in [0, 0.1) is 18.6 Å². The van der Waals surface area contributed by atoms with Crippen LogP contribution in [0.1, 0.15) is 22.8 Å². The summed E-state index contributed by atoms with van der Waals surface area (Å²) >= 11 is 0. The molecule has 0 saturated heterocycles. The Hall–Kier alpha value is -2.03. The molecule has 0 atom stereocenters. The van der Waals surface area contributed by atoms with E-state index >= 15 is 0 Å². The summed E-state index contributed by atoms with van der Waals surface area (Å²) in [5.41, 5.74) is 1.77. The van der Waals surface area contributed by atoms with Gasteiger partial charge in [-0.3, -0.25) is 4.79 Å². The predicted molar refractivity (Wildman–Crippen MR) is 66.5 cm³/mol. The van der Waals surface area contributed by atoms with E-state index < -0.39 is 5.82 Å². The van der Waals surface area contributed by atoms with Crippen molar-refractivity contribution in [2.75, 3.05) is 0 Å². The Morgan fingerprint density at radius 2 is 1.78 bits per heavy atom. The van der Waals surface area contributed by atoms with Gasteiger partial charge >= 0.3 is 0 Å². The van der Waals surface area contributed by atoms with E-state index in [2.05, 4.69) is 0 Å². The standard InChI is InChI=1S/C15H12F2O/c1-9-12(4-3-5-15(9)17)14-8-11(16)6-7-13(14)10(2)18/h3-8H,1-2H3. The summed E-state index contributed by atoms with van der Waals surface area (Å²) in [7, 11) is 0. The van der Waals surface area contributed by atoms with E-state index in [1.165, 1.54) is 31.2 Å². The SMILES string of the molecule is CC(=O)c1ccc(F)cc1-c1cccc(F)c1C. The first-order chi connectivity index (χ1) is 8.50. The molecule has 0 N–H and O–H groups in total. The molecule has 0 fully saturated rings. The smallest absolute Gasteiger partial charge is 0.160 e. The average molecular weight is 246 g/mol. The van der Waals surface area contributed by atoms with Crippen molar-refractivity contribution in [3.05, 3.63) is 59.2 Å². The highest BCUT2D eigenvalue weighted by atomic mass is 19.1. The highest BCUT2D eigenvalue weighted by molar-refractivity contribution is 6.01. The lowest BCUT2D eigenvalue weighted by Gasteiger charge is -2.11. The number of carbonyl (C=O) groups is 1. The second kappa shape index (κ2) is 4.69. The lowest BCUT2D eigenvalue weighted by atomic mass is 9.94.